The summed E-state index contributed by atoms with van der Waals surface area (Å²) in [6, 6.07) is 15.5. The van der Waals surface area contributed by atoms with Gasteiger partial charge in [0.1, 0.15) is 16.9 Å². The van der Waals surface area contributed by atoms with Crippen molar-refractivity contribution in [2.24, 2.45) is 0 Å². The van der Waals surface area contributed by atoms with Crippen molar-refractivity contribution in [1.82, 2.24) is 5.32 Å². The highest BCUT2D eigenvalue weighted by molar-refractivity contribution is 6.07. The Morgan fingerprint density at radius 2 is 1.83 bits per heavy atom. The summed E-state index contributed by atoms with van der Waals surface area (Å²) in [6.07, 6.45) is 0.501. The summed E-state index contributed by atoms with van der Waals surface area (Å²) in [5.41, 5.74) is 2.71. The fourth-order valence-electron chi connectivity index (χ4n) is 3.23. The van der Waals surface area contributed by atoms with Gasteiger partial charge in [0.25, 0.3) is 0 Å². The van der Waals surface area contributed by atoms with Gasteiger partial charge in [-0.25, -0.2) is 4.79 Å². The van der Waals surface area contributed by atoms with Crippen LogP contribution in [0.25, 0.3) is 21.9 Å². The minimum Gasteiger partial charge on any atom is -0.504 e. The third-order valence-electron chi connectivity index (χ3n) is 4.69. The zero-order valence-corrected chi connectivity index (χ0v) is 15.7. The number of amides is 2. The van der Waals surface area contributed by atoms with Gasteiger partial charge in [-0.3, -0.25) is 0 Å². The molecule has 3 aromatic carbocycles. The van der Waals surface area contributed by atoms with Gasteiger partial charge in [0.05, 0.1) is 12.8 Å². The molecule has 0 saturated carbocycles. The number of phenols is 2. The summed E-state index contributed by atoms with van der Waals surface area (Å²) >= 11 is 0. The highest BCUT2D eigenvalue weighted by Crippen LogP contribution is 2.36. The number of hydrogen-bond acceptors (Lipinski definition) is 5. The molecule has 0 radical (unpaired) electrons. The molecule has 0 spiro atoms. The normalized spacial score (nSPS) is 10.9. The number of nitrogens with one attached hydrogen (secondary N) is 2. The zero-order chi connectivity index (χ0) is 20.4. The molecule has 2 amide bonds. The van der Waals surface area contributed by atoms with Crippen LogP contribution in [0.3, 0.4) is 0 Å². The van der Waals surface area contributed by atoms with Crippen molar-refractivity contribution in [3.63, 3.8) is 0 Å². The number of carbonyl (C=O) groups excluding carboxylic acids is 1. The Morgan fingerprint density at radius 3 is 2.62 bits per heavy atom. The molecule has 148 valence electrons. The predicted octanol–water partition coefficient (Wildman–Crippen LogP) is 4.37. The SMILES string of the molecule is COc1cc2c(cc1NC(=O)NCCc1ccc(O)c(O)c1)oc1ccccc12. The van der Waals surface area contributed by atoms with E-state index in [1.165, 1.54) is 12.1 Å². The summed E-state index contributed by atoms with van der Waals surface area (Å²) in [5.74, 6) is 0.172. The molecular formula is C22H20N2O5. The van der Waals surface area contributed by atoms with E-state index in [9.17, 15) is 15.0 Å². The maximum Gasteiger partial charge on any atom is 0.319 e. The second-order valence-electron chi connectivity index (χ2n) is 6.60. The quantitative estimate of drug-likeness (QED) is 0.378. The lowest BCUT2D eigenvalue weighted by molar-refractivity contribution is 0.252. The van der Waals surface area contributed by atoms with Crippen molar-refractivity contribution in [1.29, 1.82) is 0 Å². The van der Waals surface area contributed by atoms with Crippen LogP contribution in [-0.4, -0.2) is 29.9 Å². The number of ether oxygens (including phenoxy) is 1. The number of rotatable bonds is 5. The third-order valence-corrected chi connectivity index (χ3v) is 4.69. The van der Waals surface area contributed by atoms with Crippen LogP contribution < -0.4 is 15.4 Å². The first-order valence-corrected chi connectivity index (χ1v) is 9.10. The van der Waals surface area contributed by atoms with Gasteiger partial charge in [0, 0.05) is 23.4 Å². The van der Waals surface area contributed by atoms with E-state index >= 15 is 0 Å². The molecule has 29 heavy (non-hydrogen) atoms. The first-order valence-electron chi connectivity index (χ1n) is 9.10. The molecule has 0 atom stereocenters. The lowest BCUT2D eigenvalue weighted by Crippen LogP contribution is -2.30. The van der Waals surface area contributed by atoms with Crippen LogP contribution in [0.15, 0.2) is 59.0 Å². The Morgan fingerprint density at radius 1 is 1.00 bits per heavy atom. The molecule has 0 aliphatic rings. The van der Waals surface area contributed by atoms with E-state index in [-0.39, 0.29) is 17.5 Å². The van der Waals surface area contributed by atoms with E-state index in [0.29, 0.717) is 30.0 Å². The minimum atomic E-state index is -0.387. The number of carbonyl (C=O) groups is 1. The molecule has 0 saturated heterocycles. The molecule has 7 heteroatoms. The second-order valence-corrected chi connectivity index (χ2v) is 6.60. The Bertz CT molecular complexity index is 1200. The lowest BCUT2D eigenvalue weighted by atomic mass is 10.1. The van der Waals surface area contributed by atoms with Crippen LogP contribution in [0.5, 0.6) is 17.2 Å². The molecule has 1 aromatic heterocycles. The van der Waals surface area contributed by atoms with Gasteiger partial charge < -0.3 is 30.0 Å². The summed E-state index contributed by atoms with van der Waals surface area (Å²) in [6.45, 7) is 0.352. The van der Waals surface area contributed by atoms with E-state index < -0.39 is 0 Å². The molecule has 7 nitrogen and oxygen atoms in total. The molecule has 4 rings (SSSR count). The van der Waals surface area contributed by atoms with E-state index in [2.05, 4.69) is 10.6 Å². The minimum absolute atomic E-state index is 0.174. The first kappa shape index (κ1) is 18.5. The van der Waals surface area contributed by atoms with Crippen LogP contribution in [0.4, 0.5) is 10.5 Å². The standard InChI is InChI=1S/C22H20N2O5/c1-28-21-11-15-14-4-2-3-5-19(14)29-20(15)12-16(21)24-22(27)23-9-8-13-6-7-17(25)18(26)10-13/h2-7,10-12,25-26H,8-9H2,1H3,(H2,23,24,27). The van der Waals surface area contributed by atoms with Gasteiger partial charge in [-0.15, -0.1) is 0 Å². The lowest BCUT2D eigenvalue weighted by Gasteiger charge is -2.11. The number of para-hydroxylation sites is 1. The van der Waals surface area contributed by atoms with Crippen LogP contribution in [0.2, 0.25) is 0 Å². The fourth-order valence-corrected chi connectivity index (χ4v) is 3.23. The number of methoxy groups -OCH3 is 1. The molecule has 0 aliphatic carbocycles. The van der Waals surface area contributed by atoms with Crippen LogP contribution in [0, 0.1) is 0 Å². The number of benzene rings is 3. The Labute approximate surface area is 166 Å². The Hall–Kier alpha value is -3.87. The smallest absolute Gasteiger partial charge is 0.319 e. The molecule has 0 unspecified atom stereocenters. The van der Waals surface area contributed by atoms with E-state index in [1.807, 2.05) is 30.3 Å². The average Bonchev–Trinajstić information content (AvgIpc) is 3.07. The molecule has 1 heterocycles. The fraction of sp³-hybridized carbons (Fsp3) is 0.136. The van der Waals surface area contributed by atoms with Gasteiger partial charge >= 0.3 is 6.03 Å². The van der Waals surface area contributed by atoms with Gasteiger partial charge in [-0.1, -0.05) is 24.3 Å². The number of furan rings is 1. The van der Waals surface area contributed by atoms with E-state index in [1.54, 1.807) is 19.2 Å². The van der Waals surface area contributed by atoms with E-state index in [4.69, 9.17) is 9.15 Å². The molecule has 0 aliphatic heterocycles. The molecular weight excluding hydrogens is 372 g/mol. The van der Waals surface area contributed by atoms with Crippen molar-refractivity contribution in [3.05, 3.63) is 60.2 Å². The van der Waals surface area contributed by atoms with Gasteiger partial charge in [-0.05, 0) is 36.2 Å². The number of fused-ring (bicyclic) bond motifs is 3. The van der Waals surface area contributed by atoms with Crippen molar-refractivity contribution < 1.29 is 24.2 Å². The number of phenolic OH excluding ortho intramolecular Hbond substituents is 2. The predicted molar refractivity (Wildman–Crippen MR) is 111 cm³/mol. The van der Waals surface area contributed by atoms with Crippen molar-refractivity contribution in [3.8, 4) is 17.2 Å². The number of urea groups is 1. The van der Waals surface area contributed by atoms with Crippen LogP contribution in [0.1, 0.15) is 5.56 Å². The molecule has 4 aromatic rings. The topological polar surface area (TPSA) is 104 Å². The highest BCUT2D eigenvalue weighted by Gasteiger charge is 2.14. The molecule has 4 N–H and O–H groups in total. The maximum atomic E-state index is 12.3. The summed E-state index contributed by atoms with van der Waals surface area (Å²) < 4.78 is 11.3. The monoisotopic (exact) mass is 392 g/mol. The average molecular weight is 392 g/mol. The third kappa shape index (κ3) is 3.75. The summed E-state index contributed by atoms with van der Waals surface area (Å²) in [5, 5.41) is 26.3. The van der Waals surface area contributed by atoms with Crippen molar-refractivity contribution in [2.75, 3.05) is 19.0 Å². The van der Waals surface area contributed by atoms with Crippen LogP contribution >= 0.6 is 0 Å². The largest absolute Gasteiger partial charge is 0.504 e. The van der Waals surface area contributed by atoms with Gasteiger partial charge in [0.15, 0.2) is 11.5 Å². The van der Waals surface area contributed by atoms with Gasteiger partial charge in [0.2, 0.25) is 0 Å². The Balaban J connectivity index is 1.46. The number of hydrogen-bond donors (Lipinski definition) is 4. The zero-order valence-electron chi connectivity index (χ0n) is 15.7. The Kier molecular flexibility index (Phi) is 4.87. The summed E-state index contributed by atoms with van der Waals surface area (Å²) in [7, 11) is 1.55. The number of aromatic hydroxyl groups is 2. The highest BCUT2D eigenvalue weighted by atomic mass is 16.5. The van der Waals surface area contributed by atoms with Crippen LogP contribution in [-0.2, 0) is 6.42 Å². The maximum absolute atomic E-state index is 12.3. The van der Waals surface area contributed by atoms with Crippen molar-refractivity contribution in [2.45, 2.75) is 6.42 Å². The van der Waals surface area contributed by atoms with Crippen molar-refractivity contribution >= 4 is 33.7 Å². The second kappa shape index (κ2) is 7.63. The number of anilines is 1. The van der Waals surface area contributed by atoms with Gasteiger partial charge in [-0.2, -0.15) is 0 Å². The first-order chi connectivity index (χ1) is 14.0. The van der Waals surface area contributed by atoms with E-state index in [0.717, 1.165) is 21.9 Å². The summed E-state index contributed by atoms with van der Waals surface area (Å²) in [4.78, 5) is 12.3. The molecule has 0 bridgehead atoms. The molecule has 0 fully saturated rings.